The van der Waals surface area contributed by atoms with Crippen LogP contribution in [0.1, 0.15) is 0 Å². The second-order valence-electron chi connectivity index (χ2n) is 0.926. The Morgan fingerprint density at radius 3 is 1.44 bits per heavy atom. The molecule has 0 aromatic heterocycles. The minimum Gasteiger partial charge on any atom is -0.395 e. The predicted octanol–water partition coefficient (Wildman–Crippen LogP) is -0.711. The molecule has 9 heavy (non-hydrogen) atoms. The Bertz CT molecular complexity index is 78.7. The lowest BCUT2D eigenvalue weighted by Crippen LogP contribution is -1.76. The van der Waals surface area contributed by atoms with E-state index in [4.69, 9.17) is 36.0 Å². The second kappa shape index (κ2) is 6.48. The quantitative estimate of drug-likeness (QED) is 0.314. The SMILES string of the molecule is O=P(O)(O)O.OCCCl. The molecule has 0 atom stereocenters. The molecule has 58 valence electrons. The minimum absolute atomic E-state index is 0.0849. The highest BCUT2D eigenvalue weighted by atomic mass is 35.5. The normalized spacial score (nSPS) is 9.89. The molecule has 0 aliphatic heterocycles. The fourth-order valence-electron chi connectivity index (χ4n) is 0. The number of hydrogen-bond acceptors (Lipinski definition) is 2. The molecular formula is C2H8ClO5P. The molecule has 5 nitrogen and oxygen atoms in total. The number of halogens is 1. The molecule has 0 heterocycles. The molecule has 0 fully saturated rings. The maximum Gasteiger partial charge on any atom is 0.466 e. The van der Waals surface area contributed by atoms with Crippen molar-refractivity contribution in [1.29, 1.82) is 0 Å². The number of aliphatic hydroxyl groups is 1. The van der Waals surface area contributed by atoms with Crippen molar-refractivity contribution in [2.24, 2.45) is 0 Å². The smallest absolute Gasteiger partial charge is 0.395 e. The summed E-state index contributed by atoms with van der Waals surface area (Å²) in [6.07, 6.45) is 0. The lowest BCUT2D eigenvalue weighted by Gasteiger charge is -1.82. The van der Waals surface area contributed by atoms with Crippen molar-refractivity contribution in [3.05, 3.63) is 0 Å². The zero-order valence-corrected chi connectivity index (χ0v) is 6.09. The van der Waals surface area contributed by atoms with Crippen LogP contribution in [0.25, 0.3) is 0 Å². The molecule has 0 aliphatic rings. The van der Waals surface area contributed by atoms with Crippen LogP contribution >= 0.6 is 19.4 Å². The summed E-state index contributed by atoms with van der Waals surface area (Å²) in [5, 5.41) is 7.74. The molecule has 0 aromatic carbocycles. The molecule has 7 heteroatoms. The van der Waals surface area contributed by atoms with E-state index >= 15 is 0 Å². The standard InChI is InChI=1S/C2H5ClO.H3O4P/c3-1-2-4;1-5(2,3)4/h4H,1-2H2;(H3,1,2,3,4). The first-order valence-electron chi connectivity index (χ1n) is 1.87. The summed E-state index contributed by atoms with van der Waals surface area (Å²) < 4.78 is 8.88. The summed E-state index contributed by atoms with van der Waals surface area (Å²) in [6, 6.07) is 0. The molecular weight excluding hydrogens is 170 g/mol. The fourth-order valence-corrected chi connectivity index (χ4v) is 0. The van der Waals surface area contributed by atoms with E-state index in [1.165, 1.54) is 0 Å². The van der Waals surface area contributed by atoms with Crippen LogP contribution in [0.2, 0.25) is 0 Å². The van der Waals surface area contributed by atoms with E-state index in [-0.39, 0.29) is 6.61 Å². The summed E-state index contributed by atoms with van der Waals surface area (Å²) in [5.74, 6) is 0.347. The van der Waals surface area contributed by atoms with Gasteiger partial charge < -0.3 is 19.8 Å². The van der Waals surface area contributed by atoms with Crippen LogP contribution in [-0.4, -0.2) is 32.3 Å². The summed E-state index contributed by atoms with van der Waals surface area (Å²) in [4.78, 5) is 21.6. The molecule has 0 spiro atoms. The van der Waals surface area contributed by atoms with Crippen molar-refractivity contribution in [1.82, 2.24) is 0 Å². The van der Waals surface area contributed by atoms with Gasteiger partial charge >= 0.3 is 7.82 Å². The van der Waals surface area contributed by atoms with E-state index in [0.717, 1.165) is 0 Å². The zero-order chi connectivity index (χ0) is 7.91. The monoisotopic (exact) mass is 178 g/mol. The van der Waals surface area contributed by atoms with Crippen LogP contribution in [0.5, 0.6) is 0 Å². The van der Waals surface area contributed by atoms with Crippen LogP contribution in [-0.2, 0) is 4.57 Å². The van der Waals surface area contributed by atoms with Gasteiger partial charge in [0.2, 0.25) is 0 Å². The Hall–Kier alpha value is 0.360. The third kappa shape index (κ3) is 183. The maximum absolute atomic E-state index is 8.88. The van der Waals surface area contributed by atoms with Gasteiger partial charge in [0.25, 0.3) is 0 Å². The second-order valence-corrected chi connectivity index (χ2v) is 2.33. The fraction of sp³-hybridized carbons (Fsp3) is 1.00. The molecule has 0 unspecified atom stereocenters. The molecule has 0 saturated heterocycles. The highest BCUT2D eigenvalue weighted by Gasteiger charge is 2.00. The van der Waals surface area contributed by atoms with Crippen LogP contribution in [0.4, 0.5) is 0 Å². The van der Waals surface area contributed by atoms with Gasteiger partial charge in [0, 0.05) is 5.88 Å². The van der Waals surface area contributed by atoms with Crippen molar-refractivity contribution in [2.75, 3.05) is 12.5 Å². The van der Waals surface area contributed by atoms with Gasteiger partial charge in [0.1, 0.15) is 0 Å². The lowest BCUT2D eigenvalue weighted by atomic mass is 10.9. The van der Waals surface area contributed by atoms with Crippen molar-refractivity contribution in [3.8, 4) is 0 Å². The first-order valence-corrected chi connectivity index (χ1v) is 3.97. The number of rotatable bonds is 1. The van der Waals surface area contributed by atoms with Crippen LogP contribution in [0, 0.1) is 0 Å². The summed E-state index contributed by atoms with van der Waals surface area (Å²) >= 11 is 4.94. The molecule has 0 aliphatic carbocycles. The minimum atomic E-state index is -4.64. The third-order valence-electron chi connectivity index (χ3n) is 0.0845. The number of phosphoric acid groups is 1. The van der Waals surface area contributed by atoms with Gasteiger partial charge in [-0.2, -0.15) is 0 Å². The van der Waals surface area contributed by atoms with Gasteiger partial charge in [-0.15, -0.1) is 11.6 Å². The molecule has 0 aromatic rings. The van der Waals surface area contributed by atoms with E-state index in [0.29, 0.717) is 5.88 Å². The maximum atomic E-state index is 8.88. The number of alkyl halides is 1. The molecule has 0 amide bonds. The highest BCUT2D eigenvalue weighted by Crippen LogP contribution is 2.25. The van der Waals surface area contributed by atoms with Crippen LogP contribution in [0.3, 0.4) is 0 Å². The number of hydrogen-bond donors (Lipinski definition) is 4. The van der Waals surface area contributed by atoms with Crippen molar-refractivity contribution >= 4 is 19.4 Å². The van der Waals surface area contributed by atoms with E-state index in [2.05, 4.69) is 0 Å². The van der Waals surface area contributed by atoms with Gasteiger partial charge in [-0.05, 0) is 0 Å². The Balaban J connectivity index is 0. The van der Waals surface area contributed by atoms with E-state index in [1.807, 2.05) is 0 Å². The molecule has 0 saturated carbocycles. The third-order valence-corrected chi connectivity index (χ3v) is 0.254. The molecule has 0 bridgehead atoms. The Morgan fingerprint density at radius 1 is 1.33 bits per heavy atom. The number of aliphatic hydroxyl groups excluding tert-OH is 1. The average Bonchev–Trinajstić information content (AvgIpc) is 1.61. The molecule has 0 rings (SSSR count). The Labute approximate surface area is 57.1 Å². The van der Waals surface area contributed by atoms with Crippen molar-refractivity contribution < 1.29 is 24.4 Å². The predicted molar refractivity (Wildman–Crippen MR) is 32.1 cm³/mol. The van der Waals surface area contributed by atoms with Gasteiger partial charge in [0.15, 0.2) is 0 Å². The van der Waals surface area contributed by atoms with Crippen LogP contribution < -0.4 is 0 Å². The first-order chi connectivity index (χ1) is 3.91. The van der Waals surface area contributed by atoms with Gasteiger partial charge in [0.05, 0.1) is 6.61 Å². The van der Waals surface area contributed by atoms with Gasteiger partial charge in [-0.3, -0.25) is 0 Å². The summed E-state index contributed by atoms with van der Waals surface area (Å²) in [7, 11) is -4.64. The van der Waals surface area contributed by atoms with E-state index < -0.39 is 7.82 Å². The largest absolute Gasteiger partial charge is 0.466 e. The van der Waals surface area contributed by atoms with Crippen LogP contribution in [0.15, 0.2) is 0 Å². The molecule has 4 N–H and O–H groups in total. The zero-order valence-electron chi connectivity index (χ0n) is 4.44. The highest BCUT2D eigenvalue weighted by molar-refractivity contribution is 7.45. The van der Waals surface area contributed by atoms with E-state index in [1.54, 1.807) is 0 Å². The van der Waals surface area contributed by atoms with Crippen molar-refractivity contribution in [3.63, 3.8) is 0 Å². The first kappa shape index (κ1) is 12.1. The van der Waals surface area contributed by atoms with E-state index in [9.17, 15) is 0 Å². The summed E-state index contributed by atoms with van der Waals surface area (Å²) in [5.41, 5.74) is 0. The van der Waals surface area contributed by atoms with Gasteiger partial charge in [-0.1, -0.05) is 0 Å². The van der Waals surface area contributed by atoms with Crippen molar-refractivity contribution in [2.45, 2.75) is 0 Å². The average molecular weight is 179 g/mol. The lowest BCUT2D eigenvalue weighted by molar-refractivity contribution is 0.275. The molecule has 0 radical (unpaired) electrons. The summed E-state index contributed by atoms with van der Waals surface area (Å²) in [6.45, 7) is 0.0849. The Morgan fingerprint density at radius 2 is 1.44 bits per heavy atom. The topological polar surface area (TPSA) is 98.0 Å². The van der Waals surface area contributed by atoms with Gasteiger partial charge in [-0.25, -0.2) is 4.57 Å². The Kier molecular flexibility index (Phi) is 8.69.